The quantitative estimate of drug-likeness (QED) is 0.704. The monoisotopic (exact) mass is 183 g/mol. The first-order valence-electron chi connectivity index (χ1n) is 3.71. The highest BCUT2D eigenvalue weighted by Gasteiger charge is 2.09. The summed E-state index contributed by atoms with van der Waals surface area (Å²) >= 11 is 0. The van der Waals surface area contributed by atoms with E-state index in [9.17, 15) is 8.78 Å². The smallest absolute Gasteiger partial charge is 0.168 e. The minimum absolute atomic E-state index is 0.0968. The minimum Gasteiger partial charge on any atom is -0.491 e. The second-order valence-electron chi connectivity index (χ2n) is 2.31. The van der Waals surface area contributed by atoms with Gasteiger partial charge in [-0.05, 0) is 6.92 Å². The topological polar surface area (TPSA) is 33.0 Å². The molecule has 1 aromatic rings. The Balaban J connectivity index is 3.16. The maximum Gasteiger partial charge on any atom is 0.168 e. The summed E-state index contributed by atoms with van der Waals surface area (Å²) < 4.78 is 30.5. The molecule has 68 valence electrons. The van der Waals surface area contributed by atoms with Gasteiger partial charge in [0.25, 0.3) is 0 Å². The number of hydrogen-bond acceptors (Lipinski definition) is 2. The van der Waals surface area contributed by atoms with Crippen LogP contribution in [-0.4, -0.2) is 6.61 Å². The standard InChI is InChI=1S/C9H7F2NO/c1-2-13-9-3-6(5-12)7(10)4-8(9)11/h3-4H,2H2,1H3. The van der Waals surface area contributed by atoms with Gasteiger partial charge in [-0.1, -0.05) is 0 Å². The lowest BCUT2D eigenvalue weighted by Gasteiger charge is -2.04. The zero-order chi connectivity index (χ0) is 9.84. The molecule has 0 aliphatic carbocycles. The molecular formula is C9H7F2NO. The van der Waals surface area contributed by atoms with Gasteiger partial charge in [0.2, 0.25) is 0 Å². The second kappa shape index (κ2) is 3.85. The third kappa shape index (κ3) is 1.94. The Labute approximate surface area is 74.4 Å². The molecular weight excluding hydrogens is 176 g/mol. The fraction of sp³-hybridized carbons (Fsp3) is 0.222. The summed E-state index contributed by atoms with van der Waals surface area (Å²) in [6.45, 7) is 1.95. The first kappa shape index (κ1) is 9.46. The van der Waals surface area contributed by atoms with Crippen molar-refractivity contribution in [3.8, 4) is 11.8 Å². The van der Waals surface area contributed by atoms with Crippen LogP contribution < -0.4 is 4.74 Å². The number of hydrogen-bond donors (Lipinski definition) is 0. The van der Waals surface area contributed by atoms with E-state index in [2.05, 4.69) is 0 Å². The molecule has 0 aliphatic rings. The Hall–Kier alpha value is -1.63. The molecule has 13 heavy (non-hydrogen) atoms. The van der Waals surface area contributed by atoms with Gasteiger partial charge in [-0.3, -0.25) is 0 Å². The van der Waals surface area contributed by atoms with Crippen LogP contribution in [0.2, 0.25) is 0 Å². The van der Waals surface area contributed by atoms with E-state index in [1.54, 1.807) is 13.0 Å². The molecule has 0 N–H and O–H groups in total. The zero-order valence-electron chi connectivity index (χ0n) is 6.97. The molecule has 0 aromatic heterocycles. The lowest BCUT2D eigenvalue weighted by atomic mass is 10.2. The number of ether oxygens (including phenoxy) is 1. The SMILES string of the molecule is CCOc1cc(C#N)c(F)cc1F. The van der Waals surface area contributed by atoms with Crippen molar-refractivity contribution in [1.82, 2.24) is 0 Å². The van der Waals surface area contributed by atoms with Crippen molar-refractivity contribution in [3.05, 3.63) is 29.3 Å². The Bertz CT molecular complexity index is 357. The zero-order valence-corrected chi connectivity index (χ0v) is 6.97. The molecule has 0 amide bonds. The molecule has 0 aliphatic heterocycles. The molecule has 0 saturated carbocycles. The molecule has 0 atom stereocenters. The summed E-state index contributed by atoms with van der Waals surface area (Å²) in [5.74, 6) is -1.76. The van der Waals surface area contributed by atoms with E-state index in [1.807, 2.05) is 0 Å². The molecule has 1 rings (SSSR count). The summed E-state index contributed by atoms with van der Waals surface area (Å²) in [7, 11) is 0. The normalized spacial score (nSPS) is 9.38. The number of halogens is 2. The van der Waals surface area contributed by atoms with Gasteiger partial charge in [-0.15, -0.1) is 0 Å². The van der Waals surface area contributed by atoms with Crippen LogP contribution in [0, 0.1) is 23.0 Å². The molecule has 0 saturated heterocycles. The fourth-order valence-electron chi connectivity index (χ4n) is 0.881. The molecule has 0 unspecified atom stereocenters. The van der Waals surface area contributed by atoms with Crippen molar-refractivity contribution >= 4 is 0 Å². The van der Waals surface area contributed by atoms with Crippen LogP contribution in [0.5, 0.6) is 5.75 Å². The minimum atomic E-state index is -0.872. The molecule has 0 radical (unpaired) electrons. The maximum absolute atomic E-state index is 12.9. The molecule has 2 nitrogen and oxygen atoms in total. The molecule has 4 heteroatoms. The lowest BCUT2D eigenvalue weighted by molar-refractivity contribution is 0.320. The van der Waals surface area contributed by atoms with Gasteiger partial charge in [0, 0.05) is 12.1 Å². The third-order valence-corrected chi connectivity index (χ3v) is 1.44. The second-order valence-corrected chi connectivity index (χ2v) is 2.31. The van der Waals surface area contributed by atoms with Crippen molar-refractivity contribution in [2.45, 2.75) is 6.92 Å². The van der Waals surface area contributed by atoms with E-state index >= 15 is 0 Å². The van der Waals surface area contributed by atoms with Crippen molar-refractivity contribution in [2.24, 2.45) is 0 Å². The molecule has 0 spiro atoms. The average molecular weight is 183 g/mol. The van der Waals surface area contributed by atoms with Crippen LogP contribution in [0.15, 0.2) is 12.1 Å². The van der Waals surface area contributed by atoms with Gasteiger partial charge >= 0.3 is 0 Å². The van der Waals surface area contributed by atoms with Crippen LogP contribution in [0.25, 0.3) is 0 Å². The highest BCUT2D eigenvalue weighted by Crippen LogP contribution is 2.20. The van der Waals surface area contributed by atoms with E-state index in [0.29, 0.717) is 6.07 Å². The van der Waals surface area contributed by atoms with Crippen molar-refractivity contribution < 1.29 is 13.5 Å². The van der Waals surface area contributed by atoms with Crippen LogP contribution >= 0.6 is 0 Å². The Morgan fingerprint density at radius 2 is 2.08 bits per heavy atom. The van der Waals surface area contributed by atoms with Crippen molar-refractivity contribution in [1.29, 1.82) is 5.26 Å². The Morgan fingerprint density at radius 3 is 2.62 bits per heavy atom. The van der Waals surface area contributed by atoms with Crippen LogP contribution in [0.4, 0.5) is 8.78 Å². The van der Waals surface area contributed by atoms with Crippen LogP contribution in [0.1, 0.15) is 12.5 Å². The lowest BCUT2D eigenvalue weighted by Crippen LogP contribution is -1.97. The van der Waals surface area contributed by atoms with E-state index < -0.39 is 11.6 Å². The van der Waals surface area contributed by atoms with Crippen LogP contribution in [0.3, 0.4) is 0 Å². The van der Waals surface area contributed by atoms with Gasteiger partial charge in [0.15, 0.2) is 11.6 Å². The van der Waals surface area contributed by atoms with Crippen molar-refractivity contribution in [2.75, 3.05) is 6.61 Å². The average Bonchev–Trinajstić information content (AvgIpc) is 2.10. The molecule has 0 fully saturated rings. The highest BCUT2D eigenvalue weighted by atomic mass is 19.1. The van der Waals surface area contributed by atoms with E-state index in [4.69, 9.17) is 10.00 Å². The predicted molar refractivity (Wildman–Crippen MR) is 42.2 cm³/mol. The number of nitriles is 1. The summed E-state index contributed by atoms with van der Waals surface area (Å²) in [4.78, 5) is 0. The highest BCUT2D eigenvalue weighted by molar-refractivity contribution is 5.38. The molecule has 0 bridgehead atoms. The first-order valence-corrected chi connectivity index (χ1v) is 3.71. The fourth-order valence-corrected chi connectivity index (χ4v) is 0.881. The van der Waals surface area contributed by atoms with Crippen molar-refractivity contribution in [3.63, 3.8) is 0 Å². The third-order valence-electron chi connectivity index (χ3n) is 1.44. The van der Waals surface area contributed by atoms with E-state index in [-0.39, 0.29) is 17.9 Å². The van der Waals surface area contributed by atoms with Gasteiger partial charge in [0.1, 0.15) is 11.9 Å². The number of rotatable bonds is 2. The summed E-state index contributed by atoms with van der Waals surface area (Å²) in [6.07, 6.45) is 0. The Kier molecular flexibility index (Phi) is 2.80. The summed E-state index contributed by atoms with van der Waals surface area (Å²) in [6, 6.07) is 3.29. The predicted octanol–water partition coefficient (Wildman–Crippen LogP) is 2.24. The van der Waals surface area contributed by atoms with E-state index in [1.165, 1.54) is 0 Å². The van der Waals surface area contributed by atoms with Gasteiger partial charge in [0.05, 0.1) is 12.2 Å². The molecule has 1 aromatic carbocycles. The maximum atomic E-state index is 12.9. The largest absolute Gasteiger partial charge is 0.491 e. The van der Waals surface area contributed by atoms with Gasteiger partial charge < -0.3 is 4.74 Å². The number of benzene rings is 1. The molecule has 0 heterocycles. The summed E-state index contributed by atoms with van der Waals surface area (Å²) in [5, 5.41) is 8.43. The summed E-state index contributed by atoms with van der Waals surface area (Å²) in [5.41, 5.74) is -0.218. The van der Waals surface area contributed by atoms with Gasteiger partial charge in [-0.2, -0.15) is 5.26 Å². The van der Waals surface area contributed by atoms with Gasteiger partial charge in [-0.25, -0.2) is 8.78 Å². The number of nitrogens with zero attached hydrogens (tertiary/aromatic N) is 1. The first-order chi connectivity index (χ1) is 6.19. The Morgan fingerprint density at radius 1 is 1.38 bits per heavy atom. The van der Waals surface area contributed by atoms with E-state index in [0.717, 1.165) is 6.07 Å². The van der Waals surface area contributed by atoms with Crippen LogP contribution in [-0.2, 0) is 0 Å².